The van der Waals surface area contributed by atoms with E-state index >= 15 is 0 Å². The van der Waals surface area contributed by atoms with E-state index in [0.717, 1.165) is 8.58 Å². The van der Waals surface area contributed by atoms with E-state index in [0.29, 0.717) is 0 Å². The van der Waals surface area contributed by atoms with Gasteiger partial charge in [0, 0.05) is 0 Å². The fraction of sp³-hybridized carbons (Fsp3) is 0.667. The van der Waals surface area contributed by atoms with Crippen molar-refractivity contribution in [2.24, 2.45) is 0 Å². The van der Waals surface area contributed by atoms with Gasteiger partial charge in [-0.2, -0.15) is 0 Å². The maximum atomic E-state index is 2.15. The SMILES string of the molecule is CPC.[CH3-].[Li+]. The summed E-state index contributed by atoms with van der Waals surface area (Å²) in [5.41, 5.74) is 0. The first-order chi connectivity index (χ1) is 1.41. The Labute approximate surface area is 48.7 Å². The van der Waals surface area contributed by atoms with Gasteiger partial charge in [-0.25, -0.2) is 0 Å². The third-order valence-electron chi connectivity index (χ3n) is 0. The number of hydrogen-bond donors (Lipinski definition) is 0. The molecule has 0 aliphatic rings. The third kappa shape index (κ3) is 43.7. The van der Waals surface area contributed by atoms with Crippen LogP contribution in [0.15, 0.2) is 0 Å². The predicted octanol–water partition coefficient (Wildman–Crippen LogP) is -1.62. The topological polar surface area (TPSA) is 0 Å². The largest absolute Gasteiger partial charge is 1.00 e. The summed E-state index contributed by atoms with van der Waals surface area (Å²) >= 11 is 0. The Morgan fingerprint density at radius 1 is 1.20 bits per heavy atom. The van der Waals surface area contributed by atoms with E-state index in [1.54, 1.807) is 0 Å². The molecule has 0 radical (unpaired) electrons. The number of hydrogen-bond acceptors (Lipinski definition) is 0. The summed E-state index contributed by atoms with van der Waals surface area (Å²) in [7, 11) is 1.08. The van der Waals surface area contributed by atoms with E-state index in [9.17, 15) is 0 Å². The zero-order valence-electron chi connectivity index (χ0n) is 4.50. The molecule has 0 aliphatic heterocycles. The van der Waals surface area contributed by atoms with E-state index < -0.39 is 0 Å². The quantitative estimate of drug-likeness (QED) is 0.188. The molecule has 0 unspecified atom stereocenters. The molecule has 0 nitrogen and oxygen atoms in total. The van der Waals surface area contributed by atoms with Gasteiger partial charge in [-0.05, 0) is 13.3 Å². The second-order valence-corrected chi connectivity index (χ2v) is 1.50. The predicted molar refractivity (Wildman–Crippen MR) is 26.6 cm³/mol. The van der Waals surface area contributed by atoms with E-state index in [1.807, 2.05) is 0 Å². The van der Waals surface area contributed by atoms with Gasteiger partial charge < -0.3 is 7.43 Å². The van der Waals surface area contributed by atoms with Crippen LogP contribution in [0, 0.1) is 7.43 Å². The van der Waals surface area contributed by atoms with Gasteiger partial charge in [0.25, 0.3) is 0 Å². The van der Waals surface area contributed by atoms with Gasteiger partial charge in [0.2, 0.25) is 0 Å². The Morgan fingerprint density at radius 2 is 1.20 bits per heavy atom. The Bertz CT molecular complexity index is 6.85. The summed E-state index contributed by atoms with van der Waals surface area (Å²) in [6, 6.07) is 0. The molecular weight excluding hydrogens is 73.9 g/mol. The van der Waals surface area contributed by atoms with Gasteiger partial charge in [-0.3, -0.25) is 0 Å². The first-order valence-electron chi connectivity index (χ1n) is 1.00. The van der Waals surface area contributed by atoms with Crippen LogP contribution in [-0.4, -0.2) is 13.3 Å². The second-order valence-electron chi connectivity index (χ2n) is 0.500. The monoisotopic (exact) mass is 84.1 g/mol. The van der Waals surface area contributed by atoms with Crippen molar-refractivity contribution in [3.05, 3.63) is 7.43 Å². The Hall–Kier alpha value is 1.03. The van der Waals surface area contributed by atoms with Crippen molar-refractivity contribution in [1.29, 1.82) is 0 Å². The summed E-state index contributed by atoms with van der Waals surface area (Å²) < 4.78 is 0. The van der Waals surface area contributed by atoms with Crippen LogP contribution in [0.4, 0.5) is 0 Å². The molecular formula is C3H10LiP. The molecule has 0 bridgehead atoms. The maximum Gasteiger partial charge on any atom is 1.00 e. The Balaban J connectivity index is -0.0000000200. The van der Waals surface area contributed by atoms with Gasteiger partial charge in [-0.1, -0.05) is 0 Å². The van der Waals surface area contributed by atoms with Crippen molar-refractivity contribution in [3.63, 3.8) is 0 Å². The van der Waals surface area contributed by atoms with Crippen molar-refractivity contribution < 1.29 is 18.9 Å². The van der Waals surface area contributed by atoms with Crippen LogP contribution in [0.3, 0.4) is 0 Å². The molecule has 0 spiro atoms. The molecule has 0 aromatic carbocycles. The summed E-state index contributed by atoms with van der Waals surface area (Å²) in [5.74, 6) is 0. The minimum Gasteiger partial charge on any atom is -0.358 e. The van der Waals surface area contributed by atoms with Crippen LogP contribution >= 0.6 is 8.58 Å². The van der Waals surface area contributed by atoms with Crippen molar-refractivity contribution in [1.82, 2.24) is 0 Å². The fourth-order valence-corrected chi connectivity index (χ4v) is 0. The first-order valence-corrected chi connectivity index (χ1v) is 3.00. The van der Waals surface area contributed by atoms with Crippen LogP contribution in [0.2, 0.25) is 0 Å². The fourth-order valence-electron chi connectivity index (χ4n) is 0. The zero-order valence-corrected chi connectivity index (χ0v) is 5.50. The van der Waals surface area contributed by atoms with Crippen LogP contribution in [0.1, 0.15) is 0 Å². The van der Waals surface area contributed by atoms with E-state index in [4.69, 9.17) is 0 Å². The summed E-state index contributed by atoms with van der Waals surface area (Å²) in [4.78, 5) is 0. The second kappa shape index (κ2) is 19.8. The average Bonchev–Trinajstić information content (AvgIpc) is 0.918. The van der Waals surface area contributed by atoms with Gasteiger partial charge in [0.1, 0.15) is 0 Å². The summed E-state index contributed by atoms with van der Waals surface area (Å²) in [6.45, 7) is 4.31. The van der Waals surface area contributed by atoms with Crippen molar-refractivity contribution in [2.45, 2.75) is 0 Å². The molecule has 0 amide bonds. The zero-order chi connectivity index (χ0) is 2.71. The van der Waals surface area contributed by atoms with Gasteiger partial charge >= 0.3 is 18.9 Å². The van der Waals surface area contributed by atoms with Crippen molar-refractivity contribution in [2.75, 3.05) is 13.3 Å². The molecule has 0 aromatic rings. The molecule has 2 heteroatoms. The van der Waals surface area contributed by atoms with E-state index in [2.05, 4.69) is 13.3 Å². The van der Waals surface area contributed by atoms with Crippen LogP contribution in [0.25, 0.3) is 0 Å². The normalized spacial score (nSPS) is 3.60. The minimum absolute atomic E-state index is 0. The molecule has 0 aromatic heterocycles. The van der Waals surface area contributed by atoms with Crippen molar-refractivity contribution >= 4 is 8.58 Å². The van der Waals surface area contributed by atoms with Gasteiger partial charge in [0.05, 0.1) is 0 Å². The molecule has 0 N–H and O–H groups in total. The van der Waals surface area contributed by atoms with E-state index in [1.165, 1.54) is 0 Å². The maximum absolute atomic E-state index is 2.15. The molecule has 0 atom stereocenters. The third-order valence-corrected chi connectivity index (χ3v) is 0. The van der Waals surface area contributed by atoms with Crippen molar-refractivity contribution in [3.8, 4) is 0 Å². The Kier molecular flexibility index (Phi) is 66.0. The molecule has 0 heterocycles. The smallest absolute Gasteiger partial charge is 0.358 e. The Morgan fingerprint density at radius 3 is 1.20 bits per heavy atom. The number of rotatable bonds is 0. The molecule has 0 fully saturated rings. The molecule has 0 saturated carbocycles. The first kappa shape index (κ1) is 16.6. The van der Waals surface area contributed by atoms with Gasteiger partial charge in [0.15, 0.2) is 0 Å². The summed E-state index contributed by atoms with van der Waals surface area (Å²) in [6.07, 6.45) is 0. The minimum atomic E-state index is 0. The van der Waals surface area contributed by atoms with Crippen LogP contribution in [0.5, 0.6) is 0 Å². The van der Waals surface area contributed by atoms with Gasteiger partial charge in [-0.15, -0.1) is 8.58 Å². The standard InChI is InChI=1S/C2H7P.CH3.Li/c1-3-2;;/h3H,1-2H3;1H3;/q;-1;+1. The molecule has 5 heavy (non-hydrogen) atoms. The average molecular weight is 84.0 g/mol. The summed E-state index contributed by atoms with van der Waals surface area (Å²) in [5, 5.41) is 0. The molecule has 0 aliphatic carbocycles. The van der Waals surface area contributed by atoms with E-state index in [-0.39, 0.29) is 26.3 Å². The van der Waals surface area contributed by atoms with Crippen LogP contribution in [-0.2, 0) is 0 Å². The molecule has 28 valence electrons. The molecule has 0 saturated heterocycles. The molecule has 0 rings (SSSR count). The van der Waals surface area contributed by atoms with Crippen LogP contribution < -0.4 is 18.9 Å².